The Balaban J connectivity index is 1.49. The second kappa shape index (κ2) is 4.38. The van der Waals surface area contributed by atoms with Crippen molar-refractivity contribution < 1.29 is 4.79 Å². The average Bonchev–Trinajstić information content (AvgIpc) is 2.84. The van der Waals surface area contributed by atoms with Crippen LogP contribution in [0.1, 0.15) is 51.4 Å². The Labute approximate surface area is 120 Å². The van der Waals surface area contributed by atoms with Gasteiger partial charge in [-0.15, -0.1) is 0 Å². The molecule has 4 heteroatoms. The van der Waals surface area contributed by atoms with Gasteiger partial charge in [-0.05, 0) is 69.1 Å². The van der Waals surface area contributed by atoms with Gasteiger partial charge in [0, 0.05) is 12.1 Å². The summed E-state index contributed by atoms with van der Waals surface area (Å²) in [6, 6.07) is 2.09. The number of nitrogens with one attached hydrogen (secondary N) is 1. The molecule has 108 valence electrons. The van der Waals surface area contributed by atoms with Crippen LogP contribution in [0.25, 0.3) is 0 Å². The van der Waals surface area contributed by atoms with Gasteiger partial charge in [-0.25, -0.2) is 4.79 Å². The van der Waals surface area contributed by atoms with E-state index in [1.54, 1.807) is 4.90 Å². The molecule has 5 aliphatic rings. The Morgan fingerprint density at radius 2 is 1.75 bits per heavy atom. The summed E-state index contributed by atoms with van der Waals surface area (Å²) in [5.74, 6) is 2.52. The largest absolute Gasteiger partial charge is 0.332 e. The lowest BCUT2D eigenvalue weighted by atomic mass is 9.53. The fourth-order valence-corrected chi connectivity index (χ4v) is 5.71. The minimum absolute atomic E-state index is 0.0241. The van der Waals surface area contributed by atoms with Gasteiger partial charge in [-0.1, -0.05) is 0 Å². The first kappa shape index (κ1) is 12.5. The van der Waals surface area contributed by atoms with Crippen molar-refractivity contribution in [2.75, 3.05) is 6.54 Å². The van der Waals surface area contributed by atoms with Crippen LogP contribution in [-0.2, 0) is 0 Å². The molecule has 4 bridgehead atoms. The Morgan fingerprint density at radius 1 is 1.15 bits per heavy atom. The molecule has 4 saturated carbocycles. The molecule has 5 fully saturated rings. The molecule has 0 radical (unpaired) electrons. The van der Waals surface area contributed by atoms with Gasteiger partial charge in [-0.3, -0.25) is 0 Å². The zero-order valence-electron chi connectivity index (χ0n) is 12.0. The van der Waals surface area contributed by atoms with Gasteiger partial charge in [0.15, 0.2) is 0 Å². The summed E-state index contributed by atoms with van der Waals surface area (Å²) in [5, 5.41) is 12.5. The van der Waals surface area contributed by atoms with Gasteiger partial charge >= 0.3 is 6.03 Å². The lowest BCUT2D eigenvalue weighted by molar-refractivity contribution is -0.0156. The van der Waals surface area contributed by atoms with Crippen LogP contribution < -0.4 is 5.32 Å². The van der Waals surface area contributed by atoms with Crippen LogP contribution in [0.5, 0.6) is 0 Å². The van der Waals surface area contributed by atoms with Crippen molar-refractivity contribution in [1.29, 1.82) is 5.26 Å². The molecule has 0 aromatic heterocycles. The first-order valence-electron chi connectivity index (χ1n) is 8.16. The van der Waals surface area contributed by atoms with Crippen LogP contribution in [0, 0.1) is 29.1 Å². The molecule has 2 amide bonds. The highest BCUT2D eigenvalue weighted by Gasteiger charge is 2.52. The fourth-order valence-electron chi connectivity index (χ4n) is 5.71. The lowest BCUT2D eigenvalue weighted by Crippen LogP contribution is -2.62. The predicted octanol–water partition coefficient (Wildman–Crippen LogP) is 2.65. The molecule has 1 N–H and O–H groups in total. The highest BCUT2D eigenvalue weighted by molar-refractivity contribution is 5.76. The Bertz CT molecular complexity index is 432. The van der Waals surface area contributed by atoms with Crippen LogP contribution in [0.4, 0.5) is 4.79 Å². The molecule has 4 nitrogen and oxygen atoms in total. The zero-order chi connectivity index (χ0) is 13.7. The zero-order valence-corrected chi connectivity index (χ0v) is 12.0. The van der Waals surface area contributed by atoms with E-state index >= 15 is 0 Å². The van der Waals surface area contributed by atoms with Gasteiger partial charge in [-0.2, -0.15) is 5.26 Å². The standard InChI is InChI=1S/C16H23N3O/c17-10-14-2-1-3-19(14)15(20)18-16-7-11-4-12(8-16)6-13(5-11)9-16/h11-14H,1-9H2,(H,18,20). The van der Waals surface area contributed by atoms with E-state index in [-0.39, 0.29) is 17.6 Å². The average molecular weight is 273 g/mol. The summed E-state index contributed by atoms with van der Waals surface area (Å²) in [6.45, 7) is 0.746. The molecule has 5 rings (SSSR count). The van der Waals surface area contributed by atoms with Crippen LogP contribution in [-0.4, -0.2) is 29.1 Å². The molecule has 1 heterocycles. The summed E-state index contributed by atoms with van der Waals surface area (Å²) in [7, 11) is 0. The van der Waals surface area contributed by atoms with Crippen molar-refractivity contribution in [3.63, 3.8) is 0 Å². The minimum atomic E-state index is -0.205. The smallest absolute Gasteiger partial charge is 0.318 e. The lowest BCUT2D eigenvalue weighted by Gasteiger charge is -2.57. The molecular formula is C16H23N3O. The third-order valence-electron chi connectivity index (χ3n) is 6.07. The minimum Gasteiger partial charge on any atom is -0.332 e. The van der Waals surface area contributed by atoms with Crippen LogP contribution in [0.15, 0.2) is 0 Å². The van der Waals surface area contributed by atoms with Gasteiger partial charge in [0.2, 0.25) is 0 Å². The maximum absolute atomic E-state index is 12.6. The van der Waals surface area contributed by atoms with E-state index in [9.17, 15) is 4.79 Å². The topological polar surface area (TPSA) is 56.1 Å². The monoisotopic (exact) mass is 273 g/mol. The van der Waals surface area contributed by atoms with Crippen molar-refractivity contribution in [2.45, 2.75) is 62.9 Å². The molecule has 0 aromatic rings. The van der Waals surface area contributed by atoms with Crippen LogP contribution >= 0.6 is 0 Å². The maximum atomic E-state index is 12.6. The fraction of sp³-hybridized carbons (Fsp3) is 0.875. The number of nitrogens with zero attached hydrogens (tertiary/aromatic N) is 2. The van der Waals surface area contributed by atoms with Gasteiger partial charge < -0.3 is 10.2 Å². The third-order valence-corrected chi connectivity index (χ3v) is 6.07. The van der Waals surface area contributed by atoms with Gasteiger partial charge in [0.1, 0.15) is 6.04 Å². The van der Waals surface area contributed by atoms with E-state index < -0.39 is 0 Å². The van der Waals surface area contributed by atoms with Crippen molar-refractivity contribution in [2.24, 2.45) is 17.8 Å². The van der Waals surface area contributed by atoms with E-state index in [4.69, 9.17) is 5.26 Å². The first-order valence-corrected chi connectivity index (χ1v) is 8.16. The predicted molar refractivity (Wildman–Crippen MR) is 74.8 cm³/mol. The molecule has 0 aromatic carbocycles. The number of carbonyl (C=O) groups excluding carboxylic acids is 1. The van der Waals surface area contributed by atoms with E-state index in [2.05, 4.69) is 11.4 Å². The van der Waals surface area contributed by atoms with Crippen LogP contribution in [0.3, 0.4) is 0 Å². The van der Waals surface area contributed by atoms with E-state index in [0.29, 0.717) is 0 Å². The van der Waals surface area contributed by atoms with Crippen molar-refractivity contribution in [1.82, 2.24) is 10.2 Å². The van der Waals surface area contributed by atoms with E-state index in [0.717, 1.165) is 37.1 Å². The van der Waals surface area contributed by atoms with E-state index in [1.165, 1.54) is 38.5 Å². The Hall–Kier alpha value is -1.24. The molecular weight excluding hydrogens is 250 g/mol. The molecule has 20 heavy (non-hydrogen) atoms. The molecule has 1 unspecified atom stereocenters. The number of hydrogen-bond donors (Lipinski definition) is 1. The SMILES string of the molecule is N#CC1CCCN1C(=O)NC12CC3CC(CC(C3)C1)C2. The summed E-state index contributed by atoms with van der Waals surface area (Å²) < 4.78 is 0. The van der Waals surface area contributed by atoms with Gasteiger partial charge in [0.05, 0.1) is 6.07 Å². The Morgan fingerprint density at radius 3 is 2.30 bits per heavy atom. The van der Waals surface area contributed by atoms with Crippen LogP contribution in [0.2, 0.25) is 0 Å². The number of amides is 2. The van der Waals surface area contributed by atoms with E-state index in [1.807, 2.05) is 0 Å². The molecule has 0 spiro atoms. The number of urea groups is 1. The molecule has 1 aliphatic heterocycles. The van der Waals surface area contributed by atoms with Crippen molar-refractivity contribution in [3.05, 3.63) is 0 Å². The molecule has 1 saturated heterocycles. The number of carbonyl (C=O) groups is 1. The number of hydrogen-bond acceptors (Lipinski definition) is 2. The summed E-state index contributed by atoms with van der Waals surface area (Å²) in [4.78, 5) is 14.3. The molecule has 1 atom stereocenters. The quantitative estimate of drug-likeness (QED) is 0.798. The highest BCUT2D eigenvalue weighted by Crippen LogP contribution is 2.55. The summed E-state index contributed by atoms with van der Waals surface area (Å²) in [6.07, 6.45) is 9.50. The first-order chi connectivity index (χ1) is 9.67. The second-order valence-corrected chi connectivity index (χ2v) is 7.61. The normalized spacial score (nSPS) is 45.5. The number of nitriles is 1. The number of rotatable bonds is 1. The number of likely N-dealkylation sites (tertiary alicyclic amines) is 1. The van der Waals surface area contributed by atoms with Gasteiger partial charge in [0.25, 0.3) is 0 Å². The summed E-state index contributed by atoms with van der Waals surface area (Å²) in [5.41, 5.74) is 0.0639. The second-order valence-electron chi connectivity index (χ2n) is 7.61. The Kier molecular flexibility index (Phi) is 2.73. The van der Waals surface area contributed by atoms with Crippen molar-refractivity contribution >= 4 is 6.03 Å². The maximum Gasteiger partial charge on any atom is 0.318 e. The van der Waals surface area contributed by atoms with Crippen molar-refractivity contribution in [3.8, 4) is 6.07 Å². The molecule has 4 aliphatic carbocycles. The highest BCUT2D eigenvalue weighted by atomic mass is 16.2. The summed E-state index contributed by atoms with van der Waals surface area (Å²) >= 11 is 0. The third kappa shape index (κ3) is 1.90.